The fraction of sp³-hybridized carbons (Fsp3) is 0.583. The van der Waals surface area contributed by atoms with Gasteiger partial charge in [0.1, 0.15) is 5.69 Å². The van der Waals surface area contributed by atoms with E-state index < -0.39 is 4.92 Å². The Kier molecular flexibility index (Phi) is 4.16. The highest BCUT2D eigenvalue weighted by atomic mass is 16.6. The molecule has 1 saturated heterocycles. The van der Waals surface area contributed by atoms with Crippen molar-refractivity contribution in [3.8, 4) is 0 Å². The molecule has 0 spiro atoms. The van der Waals surface area contributed by atoms with Gasteiger partial charge >= 0.3 is 0 Å². The number of hydrogen-bond donors (Lipinski definition) is 2. The third-order valence-electron chi connectivity index (χ3n) is 3.36. The monoisotopic (exact) mass is 266 g/mol. The third-order valence-corrected chi connectivity index (χ3v) is 3.36. The van der Waals surface area contributed by atoms with Crippen molar-refractivity contribution in [3.05, 3.63) is 28.1 Å². The second-order valence-electron chi connectivity index (χ2n) is 4.81. The van der Waals surface area contributed by atoms with Gasteiger partial charge in [0.2, 0.25) is 0 Å². The smallest absolute Gasteiger partial charge is 0.287 e. The van der Waals surface area contributed by atoms with E-state index >= 15 is 0 Å². The summed E-state index contributed by atoms with van der Waals surface area (Å²) < 4.78 is 1.47. The molecule has 1 atom stereocenters. The number of nitrogens with one attached hydrogen (secondary N) is 2. The average Bonchev–Trinajstić information content (AvgIpc) is 2.80. The first-order chi connectivity index (χ1) is 9.08. The molecule has 2 rings (SSSR count). The lowest BCUT2D eigenvalue weighted by molar-refractivity contribution is -0.384. The molecule has 0 aromatic carbocycles. The zero-order chi connectivity index (χ0) is 13.8. The fourth-order valence-corrected chi connectivity index (χ4v) is 2.28. The van der Waals surface area contributed by atoms with Gasteiger partial charge in [-0.05, 0) is 19.4 Å². The van der Waals surface area contributed by atoms with Gasteiger partial charge in [-0.25, -0.2) is 0 Å². The molecule has 2 N–H and O–H groups in total. The molecule has 7 heteroatoms. The quantitative estimate of drug-likeness (QED) is 0.623. The molecule has 19 heavy (non-hydrogen) atoms. The molecular weight excluding hydrogens is 248 g/mol. The van der Waals surface area contributed by atoms with E-state index in [4.69, 9.17) is 0 Å². The summed E-state index contributed by atoms with van der Waals surface area (Å²) in [4.78, 5) is 22.1. The first-order valence-electron chi connectivity index (χ1n) is 6.40. The molecule has 1 aliphatic heterocycles. The maximum atomic E-state index is 12.0. The summed E-state index contributed by atoms with van der Waals surface area (Å²) in [7, 11) is 1.63. The second kappa shape index (κ2) is 5.83. The topological polar surface area (TPSA) is 89.2 Å². The van der Waals surface area contributed by atoms with Gasteiger partial charge in [-0.3, -0.25) is 14.9 Å². The summed E-state index contributed by atoms with van der Waals surface area (Å²) in [6, 6.07) is 1.59. The number of nitrogens with zero attached hydrogens (tertiary/aromatic N) is 2. The number of aryl methyl sites for hydroxylation is 1. The molecule has 1 unspecified atom stereocenters. The molecule has 1 aromatic rings. The van der Waals surface area contributed by atoms with Gasteiger partial charge in [-0.2, -0.15) is 0 Å². The summed E-state index contributed by atoms with van der Waals surface area (Å²) in [6.07, 6.45) is 4.74. The fourth-order valence-electron chi connectivity index (χ4n) is 2.28. The van der Waals surface area contributed by atoms with Crippen LogP contribution < -0.4 is 10.6 Å². The van der Waals surface area contributed by atoms with E-state index in [1.807, 2.05) is 0 Å². The summed E-state index contributed by atoms with van der Waals surface area (Å²) >= 11 is 0. The Bertz CT molecular complexity index is 477. The van der Waals surface area contributed by atoms with Crippen LogP contribution in [-0.4, -0.2) is 34.5 Å². The lowest BCUT2D eigenvalue weighted by Gasteiger charge is -2.23. The normalized spacial score (nSPS) is 19.1. The van der Waals surface area contributed by atoms with Gasteiger partial charge in [-0.1, -0.05) is 6.42 Å². The van der Waals surface area contributed by atoms with Crippen LogP contribution in [0.1, 0.15) is 29.8 Å². The van der Waals surface area contributed by atoms with Crippen molar-refractivity contribution in [1.82, 2.24) is 15.2 Å². The van der Waals surface area contributed by atoms with Crippen molar-refractivity contribution in [2.24, 2.45) is 7.05 Å². The van der Waals surface area contributed by atoms with Crippen LogP contribution in [0.15, 0.2) is 12.3 Å². The molecular formula is C12H18N4O3. The Hall–Kier alpha value is -1.89. The molecule has 0 radical (unpaired) electrons. The molecule has 1 amide bonds. The molecule has 2 heterocycles. The standard InChI is InChI=1S/C12H18N4O3/c1-15-8-10(16(18)19)6-11(15)12(17)14-7-9-4-2-3-5-13-9/h6,8-9,13H,2-5,7H2,1H3,(H,14,17). The molecule has 1 fully saturated rings. The van der Waals surface area contributed by atoms with Gasteiger partial charge in [-0.15, -0.1) is 0 Å². The van der Waals surface area contributed by atoms with Crippen molar-refractivity contribution in [1.29, 1.82) is 0 Å². The van der Waals surface area contributed by atoms with Crippen molar-refractivity contribution >= 4 is 11.6 Å². The Labute approximate surface area is 111 Å². The van der Waals surface area contributed by atoms with Gasteiger partial charge in [0.05, 0.1) is 11.1 Å². The number of carbonyl (C=O) groups excluding carboxylic acids is 1. The van der Waals surface area contributed by atoms with E-state index in [-0.39, 0.29) is 11.6 Å². The van der Waals surface area contributed by atoms with E-state index in [0.717, 1.165) is 13.0 Å². The number of amides is 1. The van der Waals surface area contributed by atoms with Gasteiger partial charge < -0.3 is 15.2 Å². The van der Waals surface area contributed by atoms with Crippen LogP contribution in [0.3, 0.4) is 0 Å². The summed E-state index contributed by atoms with van der Waals surface area (Å²) in [6.45, 7) is 1.54. The van der Waals surface area contributed by atoms with Crippen LogP contribution in [0.4, 0.5) is 5.69 Å². The van der Waals surface area contributed by atoms with E-state index in [9.17, 15) is 14.9 Å². The molecule has 1 aromatic heterocycles. The highest BCUT2D eigenvalue weighted by molar-refractivity contribution is 5.93. The van der Waals surface area contributed by atoms with E-state index in [0.29, 0.717) is 18.3 Å². The Morgan fingerprint density at radius 2 is 2.42 bits per heavy atom. The Morgan fingerprint density at radius 3 is 3.00 bits per heavy atom. The van der Waals surface area contributed by atoms with E-state index in [2.05, 4.69) is 10.6 Å². The van der Waals surface area contributed by atoms with Crippen molar-refractivity contribution < 1.29 is 9.72 Å². The largest absolute Gasteiger partial charge is 0.349 e. The zero-order valence-electron chi connectivity index (χ0n) is 10.9. The number of rotatable bonds is 4. The highest BCUT2D eigenvalue weighted by Gasteiger charge is 2.19. The number of hydrogen-bond acceptors (Lipinski definition) is 4. The zero-order valence-corrected chi connectivity index (χ0v) is 10.9. The van der Waals surface area contributed by atoms with Crippen molar-refractivity contribution in [2.45, 2.75) is 25.3 Å². The predicted octanol–water partition coefficient (Wildman–Crippen LogP) is 0.805. The van der Waals surface area contributed by atoms with Gasteiger partial charge in [0.15, 0.2) is 0 Å². The van der Waals surface area contributed by atoms with Crippen LogP contribution in [0.25, 0.3) is 0 Å². The first-order valence-corrected chi connectivity index (χ1v) is 6.40. The summed E-state index contributed by atoms with van der Waals surface area (Å²) in [5.74, 6) is -0.275. The summed E-state index contributed by atoms with van der Waals surface area (Å²) in [5.41, 5.74) is 0.242. The highest BCUT2D eigenvalue weighted by Crippen LogP contribution is 2.15. The maximum absolute atomic E-state index is 12.0. The molecule has 0 saturated carbocycles. The SMILES string of the molecule is Cn1cc([N+](=O)[O-])cc1C(=O)NCC1CCCCN1. The third kappa shape index (κ3) is 3.31. The number of carbonyl (C=O) groups is 1. The second-order valence-corrected chi connectivity index (χ2v) is 4.81. The van der Waals surface area contributed by atoms with Crippen LogP contribution in [-0.2, 0) is 7.05 Å². The van der Waals surface area contributed by atoms with Crippen LogP contribution >= 0.6 is 0 Å². The van der Waals surface area contributed by atoms with Crippen LogP contribution in [0.5, 0.6) is 0 Å². The maximum Gasteiger partial charge on any atom is 0.287 e. The van der Waals surface area contributed by atoms with Crippen LogP contribution in [0.2, 0.25) is 0 Å². The molecule has 0 aliphatic carbocycles. The number of piperidine rings is 1. The minimum absolute atomic E-state index is 0.0663. The van der Waals surface area contributed by atoms with Crippen molar-refractivity contribution in [3.63, 3.8) is 0 Å². The number of nitro groups is 1. The number of aromatic nitrogens is 1. The lowest BCUT2D eigenvalue weighted by atomic mass is 10.1. The van der Waals surface area contributed by atoms with E-state index in [1.165, 1.54) is 29.7 Å². The molecule has 1 aliphatic rings. The van der Waals surface area contributed by atoms with Gasteiger partial charge in [0.25, 0.3) is 11.6 Å². The van der Waals surface area contributed by atoms with E-state index in [1.54, 1.807) is 7.05 Å². The minimum Gasteiger partial charge on any atom is -0.349 e. The Balaban J connectivity index is 1.93. The van der Waals surface area contributed by atoms with Crippen LogP contribution in [0, 0.1) is 10.1 Å². The van der Waals surface area contributed by atoms with Gasteiger partial charge in [0, 0.05) is 25.7 Å². The lowest BCUT2D eigenvalue weighted by Crippen LogP contribution is -2.43. The molecule has 0 bridgehead atoms. The average molecular weight is 266 g/mol. The molecule has 7 nitrogen and oxygen atoms in total. The first kappa shape index (κ1) is 13.5. The Morgan fingerprint density at radius 1 is 1.63 bits per heavy atom. The minimum atomic E-state index is -0.501. The molecule has 104 valence electrons. The predicted molar refractivity (Wildman–Crippen MR) is 70.0 cm³/mol. The van der Waals surface area contributed by atoms with Crippen molar-refractivity contribution in [2.75, 3.05) is 13.1 Å². The summed E-state index contributed by atoms with van der Waals surface area (Å²) in [5, 5.41) is 16.8.